The maximum Gasteiger partial charge on any atom is 0.292 e. The van der Waals surface area contributed by atoms with Crippen molar-refractivity contribution >= 4 is 12.2 Å². The molecule has 0 aliphatic heterocycles. The van der Waals surface area contributed by atoms with Crippen LogP contribution in [-0.4, -0.2) is 37.7 Å². The number of hydrogen-bond donors (Lipinski definition) is 1. The van der Waals surface area contributed by atoms with Gasteiger partial charge >= 0.3 is 0 Å². The summed E-state index contributed by atoms with van der Waals surface area (Å²) < 4.78 is 23.5. The van der Waals surface area contributed by atoms with E-state index in [-0.39, 0.29) is 0 Å². The van der Waals surface area contributed by atoms with E-state index in [1.165, 1.54) is 10.5 Å². The van der Waals surface area contributed by atoms with Crippen LogP contribution in [0.1, 0.15) is 12.5 Å². The highest BCUT2D eigenvalue weighted by molar-refractivity contribution is 7.71. The maximum atomic E-state index is 5.71. The van der Waals surface area contributed by atoms with E-state index in [9.17, 15) is 0 Å². The zero-order valence-corrected chi connectivity index (χ0v) is 17.9. The van der Waals surface area contributed by atoms with E-state index in [4.69, 9.17) is 30.8 Å². The second-order valence-corrected chi connectivity index (χ2v) is 6.96. The van der Waals surface area contributed by atoms with Gasteiger partial charge in [0.25, 0.3) is 4.84 Å². The van der Waals surface area contributed by atoms with Crippen molar-refractivity contribution in [3.63, 3.8) is 0 Å². The van der Waals surface area contributed by atoms with Crippen LogP contribution in [0.5, 0.6) is 17.2 Å². The Kier molecular flexibility index (Phi) is 6.90. The fraction of sp³-hybridized carbons (Fsp3) is 0.333. The van der Waals surface area contributed by atoms with Crippen LogP contribution in [0.15, 0.2) is 46.9 Å². The number of rotatable bonds is 9. The molecule has 7 nitrogen and oxygen atoms in total. The summed E-state index contributed by atoms with van der Waals surface area (Å²) in [7, 11) is 5.28. The summed E-state index contributed by atoms with van der Waals surface area (Å²) in [5.74, 6) is 2.59. The van der Waals surface area contributed by atoms with Gasteiger partial charge in [-0.15, -0.1) is 5.10 Å². The van der Waals surface area contributed by atoms with Gasteiger partial charge in [-0.2, -0.15) is 4.68 Å². The smallest absolute Gasteiger partial charge is 0.292 e. The summed E-state index contributed by atoms with van der Waals surface area (Å²) in [6.07, 6.45) is 0. The largest absolute Gasteiger partial charge is 0.494 e. The summed E-state index contributed by atoms with van der Waals surface area (Å²) in [6.45, 7) is 4.05. The van der Waals surface area contributed by atoms with Crippen LogP contribution in [-0.2, 0) is 13.2 Å². The Morgan fingerprint density at radius 1 is 1.07 bits per heavy atom. The quantitative estimate of drug-likeness (QED) is 0.541. The Hall–Kier alpha value is -2.84. The molecule has 1 aromatic heterocycles. The second-order valence-electron chi connectivity index (χ2n) is 6.61. The molecule has 0 aliphatic carbocycles. The fourth-order valence-electron chi connectivity index (χ4n) is 3.02. The van der Waals surface area contributed by atoms with Gasteiger partial charge in [0.2, 0.25) is 5.89 Å². The number of aromatic nitrogens is 2. The number of ether oxygens (including phenoxy) is 3. The molecule has 0 bridgehead atoms. The molecule has 0 saturated carbocycles. The van der Waals surface area contributed by atoms with Gasteiger partial charge < -0.3 is 23.5 Å². The normalized spacial score (nSPS) is 11.9. The van der Waals surface area contributed by atoms with Gasteiger partial charge in [-0.3, -0.25) is 0 Å². The Labute approximate surface area is 175 Å². The lowest BCUT2D eigenvalue weighted by atomic mass is 10.2. The van der Waals surface area contributed by atoms with Crippen molar-refractivity contribution in [1.82, 2.24) is 9.78 Å². The molecular formula is C21H26N3O4S+. The zero-order valence-electron chi connectivity index (χ0n) is 17.1. The molecule has 0 radical (unpaired) electrons. The first-order chi connectivity index (χ1) is 14.0. The van der Waals surface area contributed by atoms with Gasteiger partial charge in [0.1, 0.15) is 12.3 Å². The molecule has 8 heteroatoms. The average molecular weight is 417 g/mol. The monoisotopic (exact) mass is 416 g/mol. The van der Waals surface area contributed by atoms with Gasteiger partial charge in [-0.25, -0.2) is 0 Å². The molecule has 1 N–H and O–H groups in total. The van der Waals surface area contributed by atoms with Crippen molar-refractivity contribution in [1.29, 1.82) is 0 Å². The van der Waals surface area contributed by atoms with Crippen LogP contribution in [0.2, 0.25) is 0 Å². The van der Waals surface area contributed by atoms with E-state index in [0.29, 0.717) is 35.5 Å². The molecular weight excluding hydrogens is 390 g/mol. The van der Waals surface area contributed by atoms with Crippen molar-refractivity contribution in [3.05, 3.63) is 52.9 Å². The average Bonchev–Trinajstić information content (AvgIpc) is 3.09. The van der Waals surface area contributed by atoms with Gasteiger partial charge in [0.15, 0.2) is 18.2 Å². The molecule has 29 heavy (non-hydrogen) atoms. The third-order valence-electron chi connectivity index (χ3n) is 4.40. The second kappa shape index (κ2) is 9.58. The van der Waals surface area contributed by atoms with Gasteiger partial charge in [0.05, 0.1) is 27.9 Å². The van der Waals surface area contributed by atoms with Crippen molar-refractivity contribution in [2.45, 2.75) is 20.1 Å². The number of quaternary nitrogens is 1. The van der Waals surface area contributed by atoms with Crippen molar-refractivity contribution in [2.75, 3.05) is 27.9 Å². The highest BCUT2D eigenvalue weighted by Crippen LogP contribution is 2.31. The molecule has 1 heterocycles. The molecule has 2 aromatic carbocycles. The van der Waals surface area contributed by atoms with E-state index in [2.05, 4.69) is 24.3 Å². The number of nitrogens with one attached hydrogen (secondary N) is 1. The zero-order chi connectivity index (χ0) is 20.8. The Bertz CT molecular complexity index is 998. The number of methoxy groups -OCH3 is 2. The SMILES string of the molecule is CCOc1ccc(C[NH+](C)Cn2nc(-c3ccc(OC)c(OC)c3)oc2=S)cc1. The highest BCUT2D eigenvalue weighted by atomic mass is 32.1. The fourth-order valence-corrected chi connectivity index (χ4v) is 3.21. The highest BCUT2D eigenvalue weighted by Gasteiger charge is 2.14. The minimum atomic E-state index is 0.334. The number of hydrogen-bond acceptors (Lipinski definition) is 6. The van der Waals surface area contributed by atoms with Crippen LogP contribution in [0.4, 0.5) is 0 Å². The third kappa shape index (κ3) is 5.16. The Balaban J connectivity index is 1.71. The van der Waals surface area contributed by atoms with E-state index in [1.807, 2.05) is 37.3 Å². The minimum Gasteiger partial charge on any atom is -0.494 e. The van der Waals surface area contributed by atoms with Gasteiger partial charge in [-0.1, -0.05) is 0 Å². The van der Waals surface area contributed by atoms with Crippen molar-refractivity contribution in [2.24, 2.45) is 0 Å². The van der Waals surface area contributed by atoms with Crippen LogP contribution >= 0.6 is 12.2 Å². The molecule has 1 atom stereocenters. The summed E-state index contributed by atoms with van der Waals surface area (Å²) in [5.41, 5.74) is 1.98. The molecule has 3 aromatic rings. The third-order valence-corrected chi connectivity index (χ3v) is 4.69. The van der Waals surface area contributed by atoms with E-state index in [1.54, 1.807) is 18.9 Å². The minimum absolute atomic E-state index is 0.334. The van der Waals surface area contributed by atoms with Gasteiger partial charge in [-0.05, 0) is 61.6 Å². The van der Waals surface area contributed by atoms with E-state index < -0.39 is 0 Å². The molecule has 0 amide bonds. The molecule has 0 spiro atoms. The van der Waals surface area contributed by atoms with Crippen molar-refractivity contribution in [3.8, 4) is 28.7 Å². The van der Waals surface area contributed by atoms with E-state index >= 15 is 0 Å². The molecule has 0 aliphatic rings. The van der Waals surface area contributed by atoms with Crippen LogP contribution in [0, 0.1) is 4.84 Å². The standard InChI is InChI=1S/C21H25N3O4S/c1-5-27-17-9-6-15(7-10-17)13-23(2)14-24-21(29)28-20(22-24)16-8-11-18(25-3)19(12-16)26-4/h6-12H,5,13-14H2,1-4H3/p+1. The topological polar surface area (TPSA) is 63.1 Å². The summed E-state index contributed by atoms with van der Waals surface area (Å²) in [4.78, 5) is 1.55. The molecule has 1 unspecified atom stereocenters. The lowest BCUT2D eigenvalue weighted by molar-refractivity contribution is -0.917. The van der Waals surface area contributed by atoms with Crippen LogP contribution in [0.25, 0.3) is 11.5 Å². The molecule has 154 valence electrons. The summed E-state index contributed by atoms with van der Waals surface area (Å²) in [5, 5.41) is 4.54. The number of nitrogens with zero attached hydrogens (tertiary/aromatic N) is 2. The maximum absolute atomic E-state index is 5.71. The molecule has 0 saturated heterocycles. The van der Waals surface area contributed by atoms with Crippen LogP contribution in [0.3, 0.4) is 0 Å². The lowest BCUT2D eigenvalue weighted by Gasteiger charge is -2.13. The first-order valence-corrected chi connectivity index (χ1v) is 9.78. The number of benzene rings is 2. The summed E-state index contributed by atoms with van der Waals surface area (Å²) in [6, 6.07) is 13.6. The van der Waals surface area contributed by atoms with Crippen LogP contribution < -0.4 is 19.1 Å². The predicted octanol–water partition coefficient (Wildman–Crippen LogP) is 2.96. The first kappa shape index (κ1) is 20.9. The Morgan fingerprint density at radius 3 is 2.45 bits per heavy atom. The molecule has 3 rings (SSSR count). The predicted molar refractivity (Wildman–Crippen MR) is 112 cm³/mol. The first-order valence-electron chi connectivity index (χ1n) is 9.37. The van der Waals surface area contributed by atoms with E-state index in [0.717, 1.165) is 17.9 Å². The summed E-state index contributed by atoms with van der Waals surface area (Å²) >= 11 is 5.36. The van der Waals surface area contributed by atoms with Crippen molar-refractivity contribution < 1.29 is 23.5 Å². The van der Waals surface area contributed by atoms with Gasteiger partial charge in [0, 0.05) is 11.1 Å². The molecule has 0 fully saturated rings. The Morgan fingerprint density at radius 2 is 1.79 bits per heavy atom. The lowest BCUT2D eigenvalue weighted by Crippen LogP contribution is -3.07.